The van der Waals surface area contributed by atoms with E-state index in [9.17, 15) is 4.39 Å². The van der Waals surface area contributed by atoms with Crippen LogP contribution in [0.15, 0.2) is 41.3 Å². The van der Waals surface area contributed by atoms with Gasteiger partial charge in [0.1, 0.15) is 0 Å². The number of nitrogens with two attached hydrogens (primary N) is 1. The van der Waals surface area contributed by atoms with Crippen LogP contribution in [0.5, 0.6) is 5.75 Å². The fraction of sp³-hybridized carbons (Fsp3) is 0.143. The van der Waals surface area contributed by atoms with Gasteiger partial charge in [0.25, 0.3) is 0 Å². The molecule has 0 saturated heterocycles. The van der Waals surface area contributed by atoms with Crippen LogP contribution in [0.3, 0.4) is 0 Å². The largest absolute Gasteiger partial charge is 0.494 e. The van der Waals surface area contributed by atoms with Crippen LogP contribution in [0, 0.1) is 5.82 Å². The Labute approximate surface area is 120 Å². The molecular formula is C14H13ClFNOS. The second-order valence-electron chi connectivity index (χ2n) is 3.94. The van der Waals surface area contributed by atoms with Crippen molar-refractivity contribution in [2.24, 2.45) is 0 Å². The van der Waals surface area contributed by atoms with Gasteiger partial charge in [-0.05, 0) is 35.9 Å². The highest BCUT2D eigenvalue weighted by Crippen LogP contribution is 2.29. The highest BCUT2D eigenvalue weighted by molar-refractivity contribution is 7.98. The van der Waals surface area contributed by atoms with Crippen LogP contribution >= 0.6 is 23.4 Å². The summed E-state index contributed by atoms with van der Waals surface area (Å²) in [6.07, 6.45) is 0. The predicted octanol–water partition coefficient (Wildman–Crippen LogP) is 4.36. The Morgan fingerprint density at radius 3 is 2.68 bits per heavy atom. The number of methoxy groups -OCH3 is 1. The Hall–Kier alpha value is -1.39. The summed E-state index contributed by atoms with van der Waals surface area (Å²) in [5.74, 6) is 0.557. The zero-order valence-electron chi connectivity index (χ0n) is 10.3. The van der Waals surface area contributed by atoms with Gasteiger partial charge in [-0.15, -0.1) is 11.8 Å². The van der Waals surface area contributed by atoms with E-state index in [0.29, 0.717) is 16.5 Å². The fourth-order valence-corrected chi connectivity index (χ4v) is 2.69. The van der Waals surface area contributed by atoms with E-state index in [2.05, 4.69) is 0 Å². The van der Waals surface area contributed by atoms with Crippen LogP contribution in [0.25, 0.3) is 0 Å². The Balaban J connectivity index is 2.05. The minimum Gasteiger partial charge on any atom is -0.494 e. The summed E-state index contributed by atoms with van der Waals surface area (Å²) < 4.78 is 18.4. The molecule has 5 heteroatoms. The zero-order chi connectivity index (χ0) is 13.8. The van der Waals surface area contributed by atoms with Crippen LogP contribution in [0.4, 0.5) is 10.1 Å². The van der Waals surface area contributed by atoms with E-state index in [1.54, 1.807) is 30.0 Å². The summed E-state index contributed by atoms with van der Waals surface area (Å²) in [4.78, 5) is 0.996. The molecule has 2 aromatic carbocycles. The molecule has 0 heterocycles. The van der Waals surface area contributed by atoms with Crippen molar-refractivity contribution < 1.29 is 9.13 Å². The maximum atomic E-state index is 13.5. The molecule has 2 N–H and O–H groups in total. The summed E-state index contributed by atoms with van der Waals surface area (Å²) in [6, 6.07) is 10.4. The number of anilines is 1. The Morgan fingerprint density at radius 2 is 2.05 bits per heavy atom. The lowest BCUT2D eigenvalue weighted by Crippen LogP contribution is -1.90. The van der Waals surface area contributed by atoms with E-state index in [1.165, 1.54) is 13.2 Å². The molecule has 2 rings (SSSR count). The maximum absolute atomic E-state index is 13.5. The van der Waals surface area contributed by atoms with Crippen molar-refractivity contribution in [2.75, 3.05) is 12.8 Å². The Bertz CT molecular complexity index is 592. The van der Waals surface area contributed by atoms with Gasteiger partial charge in [0, 0.05) is 10.6 Å². The molecule has 0 atom stereocenters. The van der Waals surface area contributed by atoms with Crippen molar-refractivity contribution >= 4 is 29.1 Å². The number of halogens is 2. The first kappa shape index (κ1) is 14.0. The molecule has 0 radical (unpaired) electrons. The van der Waals surface area contributed by atoms with Crippen molar-refractivity contribution in [1.29, 1.82) is 0 Å². The quantitative estimate of drug-likeness (QED) is 0.672. The summed E-state index contributed by atoms with van der Waals surface area (Å²) in [5.41, 5.74) is 7.09. The van der Waals surface area contributed by atoms with E-state index < -0.39 is 0 Å². The molecule has 100 valence electrons. The van der Waals surface area contributed by atoms with Crippen LogP contribution in [0.2, 0.25) is 5.02 Å². The molecule has 0 aliphatic carbocycles. The number of hydrogen-bond acceptors (Lipinski definition) is 3. The van der Waals surface area contributed by atoms with Gasteiger partial charge in [0.05, 0.1) is 17.8 Å². The Morgan fingerprint density at radius 1 is 1.26 bits per heavy atom. The van der Waals surface area contributed by atoms with Crippen LogP contribution in [-0.2, 0) is 5.75 Å². The summed E-state index contributed by atoms with van der Waals surface area (Å²) in [5, 5.41) is 0.533. The minimum atomic E-state index is -0.351. The average Bonchev–Trinajstić information content (AvgIpc) is 2.40. The number of nitrogen functional groups attached to an aromatic ring is 1. The number of benzene rings is 2. The third-order valence-electron chi connectivity index (χ3n) is 2.59. The second kappa shape index (κ2) is 6.17. The van der Waals surface area contributed by atoms with E-state index in [4.69, 9.17) is 22.1 Å². The van der Waals surface area contributed by atoms with Crippen LogP contribution in [-0.4, -0.2) is 7.11 Å². The van der Waals surface area contributed by atoms with Gasteiger partial charge in [-0.2, -0.15) is 0 Å². The van der Waals surface area contributed by atoms with Crippen molar-refractivity contribution in [2.45, 2.75) is 10.6 Å². The Kier molecular flexibility index (Phi) is 4.56. The molecular weight excluding hydrogens is 285 g/mol. The lowest BCUT2D eigenvalue weighted by atomic mass is 10.2. The normalized spacial score (nSPS) is 10.5. The molecule has 0 aromatic heterocycles. The molecule has 0 amide bonds. The number of rotatable bonds is 4. The van der Waals surface area contributed by atoms with Gasteiger partial charge in [-0.25, -0.2) is 4.39 Å². The average molecular weight is 298 g/mol. The molecule has 0 saturated carbocycles. The molecule has 19 heavy (non-hydrogen) atoms. The van der Waals surface area contributed by atoms with E-state index >= 15 is 0 Å². The third kappa shape index (κ3) is 3.55. The molecule has 0 bridgehead atoms. The fourth-order valence-electron chi connectivity index (χ4n) is 1.56. The van der Waals surface area contributed by atoms with E-state index in [-0.39, 0.29) is 11.6 Å². The van der Waals surface area contributed by atoms with Gasteiger partial charge in [0.15, 0.2) is 11.6 Å². The SMILES string of the molecule is COc1ccc(CSc2ccc(N)c(Cl)c2)cc1F. The lowest BCUT2D eigenvalue weighted by molar-refractivity contribution is 0.386. The maximum Gasteiger partial charge on any atom is 0.165 e. The lowest BCUT2D eigenvalue weighted by Gasteiger charge is -2.06. The molecule has 0 spiro atoms. The van der Waals surface area contributed by atoms with Gasteiger partial charge in [-0.3, -0.25) is 0 Å². The summed E-state index contributed by atoms with van der Waals surface area (Å²) >= 11 is 7.52. The van der Waals surface area contributed by atoms with Crippen LogP contribution < -0.4 is 10.5 Å². The minimum absolute atomic E-state index is 0.254. The number of hydrogen-bond donors (Lipinski definition) is 1. The van der Waals surface area contributed by atoms with E-state index in [0.717, 1.165) is 10.5 Å². The first-order chi connectivity index (χ1) is 9.10. The molecule has 2 nitrogen and oxygen atoms in total. The second-order valence-corrected chi connectivity index (χ2v) is 5.40. The standard InChI is InChI=1S/C14H13ClFNOS/c1-18-14-5-2-9(6-12(14)16)8-19-10-3-4-13(17)11(15)7-10/h2-7H,8,17H2,1H3. The first-order valence-corrected chi connectivity index (χ1v) is 6.96. The van der Waals surface area contributed by atoms with Gasteiger partial charge in [0.2, 0.25) is 0 Å². The third-order valence-corrected chi connectivity index (χ3v) is 3.99. The van der Waals surface area contributed by atoms with Crippen LogP contribution in [0.1, 0.15) is 5.56 Å². The van der Waals surface area contributed by atoms with Crippen molar-refractivity contribution in [3.63, 3.8) is 0 Å². The summed E-state index contributed by atoms with van der Waals surface area (Å²) in [6.45, 7) is 0. The zero-order valence-corrected chi connectivity index (χ0v) is 11.9. The van der Waals surface area contributed by atoms with Crippen molar-refractivity contribution in [1.82, 2.24) is 0 Å². The topological polar surface area (TPSA) is 35.2 Å². The molecule has 0 fully saturated rings. The molecule has 0 aliphatic heterocycles. The van der Waals surface area contributed by atoms with Gasteiger partial charge >= 0.3 is 0 Å². The smallest absolute Gasteiger partial charge is 0.165 e. The summed E-state index contributed by atoms with van der Waals surface area (Å²) in [7, 11) is 1.45. The highest BCUT2D eigenvalue weighted by atomic mass is 35.5. The predicted molar refractivity (Wildman–Crippen MR) is 78.4 cm³/mol. The number of thioether (sulfide) groups is 1. The highest BCUT2D eigenvalue weighted by Gasteiger charge is 2.05. The first-order valence-electron chi connectivity index (χ1n) is 5.60. The number of ether oxygens (including phenoxy) is 1. The van der Waals surface area contributed by atoms with Crippen molar-refractivity contribution in [3.8, 4) is 5.75 Å². The molecule has 0 unspecified atom stereocenters. The molecule has 0 aliphatic rings. The molecule has 2 aromatic rings. The van der Waals surface area contributed by atoms with E-state index in [1.807, 2.05) is 12.1 Å². The van der Waals surface area contributed by atoms with Gasteiger partial charge < -0.3 is 10.5 Å². The van der Waals surface area contributed by atoms with Gasteiger partial charge in [-0.1, -0.05) is 17.7 Å². The monoisotopic (exact) mass is 297 g/mol. The van der Waals surface area contributed by atoms with Crippen molar-refractivity contribution in [3.05, 3.63) is 52.8 Å².